The summed E-state index contributed by atoms with van der Waals surface area (Å²) >= 11 is 0. The van der Waals surface area contributed by atoms with E-state index in [1.54, 1.807) is 48.5 Å². The van der Waals surface area contributed by atoms with Gasteiger partial charge >= 0.3 is 11.9 Å². The van der Waals surface area contributed by atoms with Gasteiger partial charge in [-0.05, 0) is 39.7 Å². The summed E-state index contributed by atoms with van der Waals surface area (Å²) in [5.74, 6) is -2.67. The van der Waals surface area contributed by atoms with Gasteiger partial charge in [0.25, 0.3) is 0 Å². The fourth-order valence-corrected chi connectivity index (χ4v) is 3.35. The van der Waals surface area contributed by atoms with Crippen molar-refractivity contribution in [3.63, 3.8) is 0 Å². The molecule has 4 aromatic rings. The molecular formula is C23H16O6. The van der Waals surface area contributed by atoms with Gasteiger partial charge in [-0.25, -0.2) is 9.59 Å². The third-order valence-electron chi connectivity index (χ3n) is 4.79. The minimum Gasteiger partial charge on any atom is -0.507 e. The second-order valence-electron chi connectivity index (χ2n) is 6.52. The summed E-state index contributed by atoms with van der Waals surface area (Å²) in [6, 6.07) is 18.4. The highest BCUT2D eigenvalue weighted by Gasteiger charge is 2.22. The van der Waals surface area contributed by atoms with E-state index >= 15 is 0 Å². The molecule has 0 aliphatic carbocycles. The van der Waals surface area contributed by atoms with Crippen LogP contribution in [-0.2, 0) is 6.61 Å². The second kappa shape index (κ2) is 7.26. The summed E-state index contributed by atoms with van der Waals surface area (Å²) in [5, 5.41) is 32.3. The average molecular weight is 388 g/mol. The van der Waals surface area contributed by atoms with E-state index in [2.05, 4.69) is 0 Å². The van der Waals surface area contributed by atoms with E-state index in [0.717, 1.165) is 0 Å². The number of carboxylic acids is 1. The van der Waals surface area contributed by atoms with Crippen molar-refractivity contribution in [1.82, 2.24) is 0 Å². The minimum atomic E-state index is -1.24. The molecule has 3 N–H and O–H groups in total. The van der Waals surface area contributed by atoms with Crippen LogP contribution in [0.3, 0.4) is 0 Å². The third kappa shape index (κ3) is 3.26. The van der Waals surface area contributed by atoms with Crippen LogP contribution in [-0.4, -0.2) is 27.3 Å². The zero-order valence-corrected chi connectivity index (χ0v) is 15.1. The summed E-state index contributed by atoms with van der Waals surface area (Å²) in [7, 11) is 0. The van der Waals surface area contributed by atoms with Gasteiger partial charge in [0.1, 0.15) is 22.6 Å². The summed E-state index contributed by atoms with van der Waals surface area (Å²) in [6.07, 6.45) is 0. The standard InChI is InChI=1S/C23H16O6/c24-12-19-16-8-4-3-7-15(16)10-18(21(19)25)23(28)29-20-11-14-6-2-1-5-13(14)9-17(20)22(26)27/h1-11,24-25H,12H2,(H,26,27). The molecule has 4 rings (SSSR count). The highest BCUT2D eigenvalue weighted by molar-refractivity contribution is 6.03. The van der Waals surface area contributed by atoms with Crippen LogP contribution in [0.15, 0.2) is 66.7 Å². The molecule has 0 atom stereocenters. The van der Waals surface area contributed by atoms with Crippen LogP contribution in [0.4, 0.5) is 0 Å². The van der Waals surface area contributed by atoms with Crippen LogP contribution < -0.4 is 4.74 Å². The number of hydrogen-bond donors (Lipinski definition) is 3. The number of fused-ring (bicyclic) bond motifs is 2. The SMILES string of the molecule is O=C(O)c1cc2ccccc2cc1OC(=O)c1cc2ccccc2c(CO)c1O. The van der Waals surface area contributed by atoms with E-state index in [0.29, 0.717) is 21.5 Å². The first kappa shape index (κ1) is 18.5. The first-order valence-corrected chi connectivity index (χ1v) is 8.82. The van der Waals surface area contributed by atoms with E-state index in [1.165, 1.54) is 18.2 Å². The number of aromatic carboxylic acids is 1. The first-order valence-electron chi connectivity index (χ1n) is 8.82. The van der Waals surface area contributed by atoms with Gasteiger partial charge in [0, 0.05) is 5.56 Å². The third-order valence-corrected chi connectivity index (χ3v) is 4.79. The van der Waals surface area contributed by atoms with Crippen molar-refractivity contribution in [3.05, 3.63) is 83.4 Å². The van der Waals surface area contributed by atoms with Crippen molar-refractivity contribution in [2.75, 3.05) is 0 Å². The van der Waals surface area contributed by atoms with Gasteiger partial charge in [-0.2, -0.15) is 0 Å². The molecule has 0 fully saturated rings. The highest BCUT2D eigenvalue weighted by atomic mass is 16.5. The number of rotatable bonds is 4. The van der Waals surface area contributed by atoms with E-state index in [1.807, 2.05) is 0 Å². The van der Waals surface area contributed by atoms with Crippen molar-refractivity contribution in [2.24, 2.45) is 0 Å². The normalized spacial score (nSPS) is 10.9. The van der Waals surface area contributed by atoms with Crippen LogP contribution in [0.25, 0.3) is 21.5 Å². The van der Waals surface area contributed by atoms with Gasteiger partial charge in [-0.15, -0.1) is 0 Å². The van der Waals surface area contributed by atoms with E-state index in [9.17, 15) is 24.9 Å². The van der Waals surface area contributed by atoms with Crippen LogP contribution in [0, 0.1) is 0 Å². The van der Waals surface area contributed by atoms with Crippen molar-refractivity contribution < 1.29 is 29.6 Å². The highest BCUT2D eigenvalue weighted by Crippen LogP contribution is 2.33. The van der Waals surface area contributed by atoms with Gasteiger partial charge in [-0.1, -0.05) is 48.5 Å². The lowest BCUT2D eigenvalue weighted by Crippen LogP contribution is -2.12. The number of carbonyl (C=O) groups is 2. The molecule has 0 unspecified atom stereocenters. The number of carbonyl (C=O) groups excluding carboxylic acids is 1. The Labute approximate surface area is 165 Å². The molecule has 0 heterocycles. The number of esters is 1. The topological polar surface area (TPSA) is 104 Å². The predicted molar refractivity (Wildman–Crippen MR) is 107 cm³/mol. The molecule has 0 spiro atoms. The Morgan fingerprint density at radius 3 is 2.07 bits per heavy atom. The Morgan fingerprint density at radius 2 is 1.41 bits per heavy atom. The maximum atomic E-state index is 12.8. The fraction of sp³-hybridized carbons (Fsp3) is 0.0435. The lowest BCUT2D eigenvalue weighted by molar-refractivity contribution is 0.0681. The van der Waals surface area contributed by atoms with Gasteiger partial charge < -0.3 is 20.1 Å². The molecule has 0 saturated carbocycles. The maximum Gasteiger partial charge on any atom is 0.347 e. The lowest BCUT2D eigenvalue weighted by atomic mass is 9.99. The zero-order chi connectivity index (χ0) is 20.5. The number of phenols is 1. The molecular weight excluding hydrogens is 372 g/mol. The van der Waals surface area contributed by atoms with Crippen molar-refractivity contribution in [3.8, 4) is 11.5 Å². The molecule has 6 heteroatoms. The molecule has 144 valence electrons. The number of aromatic hydroxyl groups is 1. The minimum absolute atomic E-state index is 0.126. The largest absolute Gasteiger partial charge is 0.507 e. The molecule has 0 aromatic heterocycles. The molecule has 0 amide bonds. The molecule has 6 nitrogen and oxygen atoms in total. The number of ether oxygens (including phenoxy) is 1. The van der Waals surface area contributed by atoms with E-state index in [-0.39, 0.29) is 22.4 Å². The van der Waals surface area contributed by atoms with Crippen LogP contribution in [0.2, 0.25) is 0 Å². The van der Waals surface area contributed by atoms with Crippen LogP contribution in [0.1, 0.15) is 26.3 Å². The zero-order valence-electron chi connectivity index (χ0n) is 15.1. The summed E-state index contributed by atoms with van der Waals surface area (Å²) < 4.78 is 5.37. The Morgan fingerprint density at radius 1 is 0.828 bits per heavy atom. The quantitative estimate of drug-likeness (QED) is 0.359. The van der Waals surface area contributed by atoms with Crippen molar-refractivity contribution in [2.45, 2.75) is 6.61 Å². The van der Waals surface area contributed by atoms with Crippen molar-refractivity contribution in [1.29, 1.82) is 0 Å². The van der Waals surface area contributed by atoms with E-state index < -0.39 is 24.3 Å². The second-order valence-corrected chi connectivity index (χ2v) is 6.52. The Balaban J connectivity index is 1.82. The van der Waals surface area contributed by atoms with Gasteiger partial charge in [0.05, 0.1) is 6.61 Å². The molecule has 29 heavy (non-hydrogen) atoms. The lowest BCUT2D eigenvalue weighted by Gasteiger charge is -2.13. The number of carboxylic acid groups (broad SMARTS) is 1. The molecule has 0 bridgehead atoms. The number of hydrogen-bond acceptors (Lipinski definition) is 5. The van der Waals surface area contributed by atoms with Crippen molar-refractivity contribution >= 4 is 33.5 Å². The monoisotopic (exact) mass is 388 g/mol. The Bertz CT molecular complexity index is 1280. The number of aliphatic hydroxyl groups excluding tert-OH is 1. The molecule has 0 aliphatic heterocycles. The smallest absolute Gasteiger partial charge is 0.347 e. The summed E-state index contributed by atoms with van der Waals surface area (Å²) in [6.45, 7) is -0.468. The Hall–Kier alpha value is -3.90. The molecule has 0 saturated heterocycles. The fourth-order valence-electron chi connectivity index (χ4n) is 3.35. The predicted octanol–water partition coefficient (Wildman–Crippen LogP) is 4.11. The molecule has 4 aromatic carbocycles. The van der Waals surface area contributed by atoms with Gasteiger partial charge in [-0.3, -0.25) is 0 Å². The summed E-state index contributed by atoms with van der Waals surface area (Å²) in [5.41, 5.74) is -0.121. The van der Waals surface area contributed by atoms with Gasteiger partial charge in [0.15, 0.2) is 0 Å². The van der Waals surface area contributed by atoms with Crippen LogP contribution >= 0.6 is 0 Å². The molecule has 0 aliphatic rings. The molecule has 0 radical (unpaired) electrons. The average Bonchev–Trinajstić information content (AvgIpc) is 2.72. The first-order chi connectivity index (χ1) is 14.0. The summed E-state index contributed by atoms with van der Waals surface area (Å²) in [4.78, 5) is 24.5. The maximum absolute atomic E-state index is 12.8. The Kier molecular flexibility index (Phi) is 4.62. The van der Waals surface area contributed by atoms with E-state index in [4.69, 9.17) is 4.74 Å². The van der Waals surface area contributed by atoms with Gasteiger partial charge in [0.2, 0.25) is 0 Å². The number of aliphatic hydroxyl groups is 1. The van der Waals surface area contributed by atoms with Crippen LogP contribution in [0.5, 0.6) is 11.5 Å². The number of benzene rings is 4.